The fourth-order valence-electron chi connectivity index (χ4n) is 2.52. The molecule has 0 unspecified atom stereocenters. The number of nitrogens with two attached hydrogens (primary N) is 1. The van der Waals surface area contributed by atoms with Crippen LogP contribution in [0.5, 0.6) is 0 Å². The SMILES string of the molecule is COC(=O)c1c(NC2CCC(O)CC2)sc(C(C)=O)c1N. The number of carbonyl (C=O) groups is 2. The predicted molar refractivity (Wildman–Crippen MR) is 82.0 cm³/mol. The lowest BCUT2D eigenvalue weighted by atomic mass is 9.93. The smallest absolute Gasteiger partial charge is 0.343 e. The second-order valence-corrected chi connectivity index (χ2v) is 6.27. The Balaban J connectivity index is 2.27. The van der Waals surface area contributed by atoms with Crippen LogP contribution >= 0.6 is 11.3 Å². The van der Waals surface area contributed by atoms with Crippen molar-refractivity contribution in [2.75, 3.05) is 18.2 Å². The van der Waals surface area contributed by atoms with Crippen LogP contribution in [0.25, 0.3) is 0 Å². The summed E-state index contributed by atoms with van der Waals surface area (Å²) in [5.74, 6) is -0.718. The Bertz CT molecular complexity index is 547. The number of carbonyl (C=O) groups excluding carboxylic acids is 2. The van der Waals surface area contributed by atoms with Gasteiger partial charge in [0.2, 0.25) is 0 Å². The van der Waals surface area contributed by atoms with Gasteiger partial charge in [-0.2, -0.15) is 0 Å². The number of hydrogen-bond acceptors (Lipinski definition) is 7. The number of nitrogen functional groups attached to an aromatic ring is 1. The van der Waals surface area contributed by atoms with Gasteiger partial charge in [-0.1, -0.05) is 0 Å². The molecule has 1 aromatic rings. The summed E-state index contributed by atoms with van der Waals surface area (Å²) in [6, 6.07) is 0.162. The van der Waals surface area contributed by atoms with Crippen molar-refractivity contribution < 1.29 is 19.4 Å². The Kier molecular flexibility index (Phi) is 4.84. The van der Waals surface area contributed by atoms with Gasteiger partial charge in [0, 0.05) is 13.0 Å². The largest absolute Gasteiger partial charge is 0.465 e. The van der Waals surface area contributed by atoms with Gasteiger partial charge in [-0.15, -0.1) is 11.3 Å². The van der Waals surface area contributed by atoms with Crippen LogP contribution in [0.15, 0.2) is 0 Å². The summed E-state index contributed by atoms with van der Waals surface area (Å²) in [5, 5.41) is 13.4. The Morgan fingerprint density at radius 2 is 1.95 bits per heavy atom. The van der Waals surface area contributed by atoms with Crippen molar-refractivity contribution in [3.8, 4) is 0 Å². The average molecular weight is 312 g/mol. The standard InChI is InChI=1S/C14H20N2O4S/c1-7(17)12-11(15)10(14(19)20-2)13(21-12)16-8-3-5-9(18)6-4-8/h8-9,16,18H,3-6,15H2,1-2H3. The molecular weight excluding hydrogens is 292 g/mol. The third kappa shape index (κ3) is 3.36. The molecule has 2 rings (SSSR count). The van der Waals surface area contributed by atoms with E-state index in [0.717, 1.165) is 25.7 Å². The first-order valence-electron chi connectivity index (χ1n) is 6.90. The van der Waals surface area contributed by atoms with E-state index in [9.17, 15) is 14.7 Å². The average Bonchev–Trinajstić information content (AvgIpc) is 2.77. The summed E-state index contributed by atoms with van der Waals surface area (Å²) in [5.41, 5.74) is 6.33. The molecule has 1 aromatic heterocycles. The first-order chi connectivity index (χ1) is 9.93. The molecule has 0 atom stereocenters. The molecule has 0 aliphatic heterocycles. The van der Waals surface area contributed by atoms with Crippen molar-refractivity contribution in [1.29, 1.82) is 0 Å². The first kappa shape index (κ1) is 15.8. The lowest BCUT2D eigenvalue weighted by Crippen LogP contribution is -2.28. The van der Waals surface area contributed by atoms with Gasteiger partial charge in [0.25, 0.3) is 0 Å². The van der Waals surface area contributed by atoms with Crippen LogP contribution < -0.4 is 11.1 Å². The topological polar surface area (TPSA) is 102 Å². The van der Waals surface area contributed by atoms with Crippen LogP contribution in [0.1, 0.15) is 52.6 Å². The van der Waals surface area contributed by atoms with Crippen LogP contribution in [0, 0.1) is 0 Å². The summed E-state index contributed by atoms with van der Waals surface area (Å²) in [6.07, 6.45) is 2.84. The zero-order valence-corrected chi connectivity index (χ0v) is 13.0. The summed E-state index contributed by atoms with van der Waals surface area (Å²) in [7, 11) is 1.29. The highest BCUT2D eigenvalue weighted by Crippen LogP contribution is 2.38. The van der Waals surface area contributed by atoms with E-state index in [2.05, 4.69) is 5.32 Å². The number of rotatable bonds is 4. The van der Waals surface area contributed by atoms with E-state index in [1.54, 1.807) is 0 Å². The third-order valence-electron chi connectivity index (χ3n) is 3.69. The first-order valence-corrected chi connectivity index (χ1v) is 7.71. The number of methoxy groups -OCH3 is 1. The minimum atomic E-state index is -0.547. The number of esters is 1. The van der Waals surface area contributed by atoms with E-state index in [1.807, 2.05) is 0 Å². The van der Waals surface area contributed by atoms with E-state index < -0.39 is 5.97 Å². The predicted octanol–water partition coefficient (Wildman–Crippen LogP) is 2.03. The van der Waals surface area contributed by atoms with Gasteiger partial charge in [0.15, 0.2) is 5.78 Å². The molecule has 7 heteroatoms. The molecule has 0 amide bonds. The number of ketones is 1. The van der Waals surface area contributed by atoms with Gasteiger partial charge in [-0.25, -0.2) is 4.79 Å². The number of aliphatic hydroxyl groups excluding tert-OH is 1. The van der Waals surface area contributed by atoms with Gasteiger partial charge in [0.1, 0.15) is 10.6 Å². The number of aliphatic hydroxyl groups is 1. The normalized spacial score (nSPS) is 21.9. The molecule has 21 heavy (non-hydrogen) atoms. The maximum absolute atomic E-state index is 11.9. The number of ether oxygens (including phenoxy) is 1. The van der Waals surface area contributed by atoms with E-state index in [1.165, 1.54) is 25.4 Å². The highest BCUT2D eigenvalue weighted by atomic mass is 32.1. The molecule has 116 valence electrons. The lowest BCUT2D eigenvalue weighted by molar-refractivity contribution is 0.0603. The number of Topliss-reactive ketones (excluding diaryl/α,β-unsaturated/α-hetero) is 1. The Morgan fingerprint density at radius 3 is 2.48 bits per heavy atom. The van der Waals surface area contributed by atoms with Gasteiger partial charge in [-0.3, -0.25) is 4.79 Å². The molecule has 1 saturated carbocycles. The second kappa shape index (κ2) is 6.44. The van der Waals surface area contributed by atoms with Gasteiger partial charge >= 0.3 is 5.97 Å². The van der Waals surface area contributed by atoms with E-state index in [4.69, 9.17) is 10.5 Å². The van der Waals surface area contributed by atoms with Crippen molar-refractivity contribution in [1.82, 2.24) is 0 Å². The van der Waals surface area contributed by atoms with Crippen molar-refractivity contribution >= 4 is 33.8 Å². The molecule has 4 N–H and O–H groups in total. The highest BCUT2D eigenvalue weighted by Gasteiger charge is 2.27. The molecule has 0 aromatic carbocycles. The molecule has 1 aliphatic carbocycles. The molecule has 6 nitrogen and oxygen atoms in total. The molecule has 0 spiro atoms. The Morgan fingerprint density at radius 1 is 1.33 bits per heavy atom. The monoisotopic (exact) mass is 312 g/mol. The quantitative estimate of drug-likeness (QED) is 0.581. The minimum absolute atomic E-state index is 0.162. The summed E-state index contributed by atoms with van der Waals surface area (Å²) >= 11 is 1.18. The maximum Gasteiger partial charge on any atom is 0.343 e. The molecule has 1 aliphatic rings. The van der Waals surface area contributed by atoms with Crippen molar-refractivity contribution in [3.63, 3.8) is 0 Å². The Hall–Kier alpha value is -1.60. The van der Waals surface area contributed by atoms with Crippen LogP contribution in [0.3, 0.4) is 0 Å². The third-order valence-corrected chi connectivity index (χ3v) is 4.92. The molecule has 1 fully saturated rings. The van der Waals surface area contributed by atoms with Crippen LogP contribution in [0.2, 0.25) is 0 Å². The van der Waals surface area contributed by atoms with Crippen LogP contribution in [-0.2, 0) is 4.74 Å². The molecule has 0 radical (unpaired) electrons. The molecule has 0 saturated heterocycles. The summed E-state index contributed by atoms with van der Waals surface area (Å²) in [6.45, 7) is 1.42. The van der Waals surface area contributed by atoms with Gasteiger partial charge in [-0.05, 0) is 25.7 Å². The van der Waals surface area contributed by atoms with E-state index in [-0.39, 0.29) is 29.2 Å². The fraction of sp³-hybridized carbons (Fsp3) is 0.571. The number of hydrogen-bond donors (Lipinski definition) is 3. The van der Waals surface area contributed by atoms with Crippen molar-refractivity contribution in [2.24, 2.45) is 0 Å². The van der Waals surface area contributed by atoms with Gasteiger partial charge in [0.05, 0.1) is 23.8 Å². The van der Waals surface area contributed by atoms with Crippen molar-refractivity contribution in [2.45, 2.75) is 44.8 Å². The zero-order valence-electron chi connectivity index (χ0n) is 12.1. The van der Waals surface area contributed by atoms with Gasteiger partial charge < -0.3 is 20.9 Å². The summed E-state index contributed by atoms with van der Waals surface area (Å²) < 4.78 is 4.75. The maximum atomic E-state index is 11.9. The molecule has 1 heterocycles. The highest BCUT2D eigenvalue weighted by molar-refractivity contribution is 7.19. The Labute approximate surface area is 127 Å². The van der Waals surface area contributed by atoms with E-state index in [0.29, 0.717) is 9.88 Å². The molecule has 0 bridgehead atoms. The fourth-order valence-corrected chi connectivity index (χ4v) is 3.60. The van der Waals surface area contributed by atoms with Crippen LogP contribution in [-0.4, -0.2) is 36.1 Å². The number of nitrogens with one attached hydrogen (secondary N) is 1. The number of thiophene rings is 1. The van der Waals surface area contributed by atoms with Crippen molar-refractivity contribution in [3.05, 3.63) is 10.4 Å². The van der Waals surface area contributed by atoms with E-state index >= 15 is 0 Å². The zero-order chi connectivity index (χ0) is 15.6. The minimum Gasteiger partial charge on any atom is -0.465 e. The molecular formula is C14H20N2O4S. The summed E-state index contributed by atoms with van der Waals surface area (Å²) in [4.78, 5) is 23.9. The number of anilines is 2. The lowest BCUT2D eigenvalue weighted by Gasteiger charge is -2.26. The second-order valence-electron chi connectivity index (χ2n) is 5.25. The van der Waals surface area contributed by atoms with Crippen LogP contribution in [0.4, 0.5) is 10.7 Å².